The largest absolute Gasteiger partial charge is 0.497 e. The number of hydrogen-bond donors (Lipinski definition) is 0. The Morgan fingerprint density at radius 2 is 2.09 bits per heavy atom. The summed E-state index contributed by atoms with van der Waals surface area (Å²) >= 11 is 0. The van der Waals surface area contributed by atoms with Crippen molar-refractivity contribution < 1.29 is 4.74 Å². The van der Waals surface area contributed by atoms with Crippen LogP contribution in [0.4, 0.5) is 5.82 Å². The molecule has 22 heavy (non-hydrogen) atoms. The maximum absolute atomic E-state index is 5.34. The SMILES string of the molecule is COc1ccc2c(c1)CN(c1cc(C)nc3ncnn13)CC2. The number of anilines is 1. The number of methoxy groups -OCH3 is 1. The Hall–Kier alpha value is -2.63. The van der Waals surface area contributed by atoms with Crippen molar-refractivity contribution in [2.45, 2.75) is 19.9 Å². The number of rotatable bonds is 2. The molecule has 1 aliphatic rings. The van der Waals surface area contributed by atoms with E-state index >= 15 is 0 Å². The number of ether oxygens (including phenoxy) is 1. The van der Waals surface area contributed by atoms with Crippen LogP contribution in [0.3, 0.4) is 0 Å². The van der Waals surface area contributed by atoms with Gasteiger partial charge in [0.15, 0.2) is 0 Å². The van der Waals surface area contributed by atoms with E-state index in [1.165, 1.54) is 11.1 Å². The lowest BCUT2D eigenvalue weighted by Gasteiger charge is -2.30. The fourth-order valence-electron chi connectivity index (χ4n) is 2.99. The van der Waals surface area contributed by atoms with E-state index in [2.05, 4.69) is 38.2 Å². The van der Waals surface area contributed by atoms with Crippen LogP contribution >= 0.6 is 0 Å². The van der Waals surface area contributed by atoms with E-state index in [4.69, 9.17) is 4.74 Å². The lowest BCUT2D eigenvalue weighted by atomic mass is 9.99. The summed E-state index contributed by atoms with van der Waals surface area (Å²) in [5, 5.41) is 4.30. The van der Waals surface area contributed by atoms with Gasteiger partial charge in [-0.3, -0.25) is 0 Å². The van der Waals surface area contributed by atoms with Gasteiger partial charge in [0.05, 0.1) is 7.11 Å². The van der Waals surface area contributed by atoms with Gasteiger partial charge in [0, 0.05) is 24.8 Å². The highest BCUT2D eigenvalue weighted by Crippen LogP contribution is 2.27. The molecule has 3 heterocycles. The minimum atomic E-state index is 0.645. The molecule has 4 rings (SSSR count). The first-order valence-electron chi connectivity index (χ1n) is 7.33. The van der Waals surface area contributed by atoms with Crippen molar-refractivity contribution in [3.63, 3.8) is 0 Å². The van der Waals surface area contributed by atoms with Gasteiger partial charge in [-0.1, -0.05) is 6.07 Å². The maximum Gasteiger partial charge on any atom is 0.254 e. The van der Waals surface area contributed by atoms with Gasteiger partial charge < -0.3 is 9.64 Å². The molecule has 6 nitrogen and oxygen atoms in total. The molecule has 0 saturated heterocycles. The van der Waals surface area contributed by atoms with Crippen molar-refractivity contribution in [3.05, 3.63) is 47.4 Å². The lowest BCUT2D eigenvalue weighted by molar-refractivity contribution is 0.413. The van der Waals surface area contributed by atoms with Crippen molar-refractivity contribution >= 4 is 11.6 Å². The molecular formula is C16H17N5O. The minimum absolute atomic E-state index is 0.645. The van der Waals surface area contributed by atoms with Gasteiger partial charge in [-0.15, -0.1) is 0 Å². The normalized spacial score (nSPS) is 14.2. The fraction of sp³-hybridized carbons (Fsp3) is 0.312. The third kappa shape index (κ3) is 2.07. The number of hydrogen-bond acceptors (Lipinski definition) is 5. The zero-order valence-corrected chi connectivity index (χ0v) is 12.7. The zero-order chi connectivity index (χ0) is 15.1. The lowest BCUT2D eigenvalue weighted by Crippen LogP contribution is -2.32. The first kappa shape index (κ1) is 13.1. The van der Waals surface area contributed by atoms with E-state index in [0.717, 1.165) is 36.8 Å². The molecule has 0 radical (unpaired) electrons. The number of fused-ring (bicyclic) bond motifs is 2. The summed E-state index contributed by atoms with van der Waals surface area (Å²) in [6, 6.07) is 8.37. The van der Waals surface area contributed by atoms with Crippen LogP contribution in [-0.2, 0) is 13.0 Å². The Morgan fingerprint density at radius 1 is 1.18 bits per heavy atom. The number of nitrogens with zero attached hydrogens (tertiary/aromatic N) is 5. The van der Waals surface area contributed by atoms with Crippen molar-refractivity contribution in [2.75, 3.05) is 18.6 Å². The third-order valence-electron chi connectivity index (χ3n) is 4.11. The van der Waals surface area contributed by atoms with Gasteiger partial charge >= 0.3 is 0 Å². The average molecular weight is 295 g/mol. The Bertz CT molecular complexity index is 842. The molecule has 112 valence electrons. The smallest absolute Gasteiger partial charge is 0.254 e. The molecule has 2 aromatic heterocycles. The van der Waals surface area contributed by atoms with Crippen LogP contribution in [0.5, 0.6) is 5.75 Å². The molecule has 1 aromatic carbocycles. The summed E-state index contributed by atoms with van der Waals surface area (Å²) in [7, 11) is 1.70. The summed E-state index contributed by atoms with van der Waals surface area (Å²) in [6.07, 6.45) is 2.56. The summed E-state index contributed by atoms with van der Waals surface area (Å²) < 4.78 is 7.15. The minimum Gasteiger partial charge on any atom is -0.497 e. The Kier molecular flexibility index (Phi) is 2.96. The van der Waals surface area contributed by atoms with Crippen molar-refractivity contribution in [3.8, 4) is 5.75 Å². The van der Waals surface area contributed by atoms with E-state index in [9.17, 15) is 0 Å². The molecule has 0 fully saturated rings. The van der Waals surface area contributed by atoms with Crippen LogP contribution < -0.4 is 9.64 Å². The molecular weight excluding hydrogens is 278 g/mol. The zero-order valence-electron chi connectivity index (χ0n) is 12.7. The highest BCUT2D eigenvalue weighted by Gasteiger charge is 2.20. The predicted molar refractivity (Wildman–Crippen MR) is 83.3 cm³/mol. The first-order chi connectivity index (χ1) is 10.7. The van der Waals surface area contributed by atoms with E-state index in [0.29, 0.717) is 5.78 Å². The van der Waals surface area contributed by atoms with E-state index < -0.39 is 0 Å². The Labute approximate surface area is 128 Å². The van der Waals surface area contributed by atoms with Gasteiger partial charge in [-0.2, -0.15) is 14.6 Å². The first-order valence-corrected chi connectivity index (χ1v) is 7.33. The molecule has 0 spiro atoms. The molecule has 0 N–H and O–H groups in total. The molecule has 0 atom stereocenters. The molecule has 3 aromatic rings. The fourth-order valence-corrected chi connectivity index (χ4v) is 2.99. The second-order valence-electron chi connectivity index (χ2n) is 5.53. The van der Waals surface area contributed by atoms with Crippen molar-refractivity contribution in [1.82, 2.24) is 19.6 Å². The molecule has 0 amide bonds. The van der Waals surface area contributed by atoms with Crippen LogP contribution in [0.25, 0.3) is 5.78 Å². The second kappa shape index (κ2) is 4.98. The van der Waals surface area contributed by atoms with Crippen LogP contribution in [0.1, 0.15) is 16.8 Å². The monoisotopic (exact) mass is 295 g/mol. The van der Waals surface area contributed by atoms with Crippen LogP contribution in [-0.4, -0.2) is 33.2 Å². The summed E-state index contributed by atoms with van der Waals surface area (Å²) in [5.41, 5.74) is 3.64. The standard InChI is InChI=1S/C16H17N5O/c1-11-7-15(21-16(19-11)17-10-18-21)20-6-5-12-3-4-14(22-2)8-13(12)9-20/h3-4,7-8,10H,5-6,9H2,1-2H3. The molecule has 1 aliphatic heterocycles. The van der Waals surface area contributed by atoms with Crippen LogP contribution in [0, 0.1) is 6.92 Å². The summed E-state index contributed by atoms with van der Waals surface area (Å²) in [6.45, 7) is 3.78. The van der Waals surface area contributed by atoms with E-state index in [1.54, 1.807) is 18.0 Å². The summed E-state index contributed by atoms with van der Waals surface area (Å²) in [5.74, 6) is 2.58. The molecule has 0 bridgehead atoms. The molecule has 6 heteroatoms. The maximum atomic E-state index is 5.34. The van der Waals surface area contributed by atoms with Gasteiger partial charge in [0.25, 0.3) is 5.78 Å². The van der Waals surface area contributed by atoms with Gasteiger partial charge in [-0.05, 0) is 36.6 Å². The van der Waals surface area contributed by atoms with E-state index in [-0.39, 0.29) is 0 Å². The quantitative estimate of drug-likeness (QED) is 0.724. The molecule has 0 saturated carbocycles. The second-order valence-corrected chi connectivity index (χ2v) is 5.53. The van der Waals surface area contributed by atoms with Crippen LogP contribution in [0.2, 0.25) is 0 Å². The number of benzene rings is 1. The van der Waals surface area contributed by atoms with Gasteiger partial charge in [0.1, 0.15) is 17.9 Å². The third-order valence-corrected chi connectivity index (χ3v) is 4.11. The Balaban J connectivity index is 1.75. The topological polar surface area (TPSA) is 55.5 Å². The van der Waals surface area contributed by atoms with Crippen LogP contribution in [0.15, 0.2) is 30.6 Å². The van der Waals surface area contributed by atoms with Crippen molar-refractivity contribution in [2.24, 2.45) is 0 Å². The molecule has 0 aliphatic carbocycles. The van der Waals surface area contributed by atoms with E-state index in [1.807, 2.05) is 13.0 Å². The summed E-state index contributed by atoms with van der Waals surface area (Å²) in [4.78, 5) is 10.9. The number of aromatic nitrogens is 4. The van der Waals surface area contributed by atoms with Gasteiger partial charge in [-0.25, -0.2) is 4.98 Å². The molecule has 0 unspecified atom stereocenters. The number of aryl methyl sites for hydroxylation is 1. The van der Waals surface area contributed by atoms with Crippen molar-refractivity contribution in [1.29, 1.82) is 0 Å². The highest BCUT2D eigenvalue weighted by molar-refractivity contribution is 5.50. The highest BCUT2D eigenvalue weighted by atomic mass is 16.5. The Morgan fingerprint density at radius 3 is 2.95 bits per heavy atom. The van der Waals surface area contributed by atoms with Gasteiger partial charge in [0.2, 0.25) is 0 Å². The average Bonchev–Trinajstić information content (AvgIpc) is 3.01. The predicted octanol–water partition coefficient (Wildman–Crippen LogP) is 2.00.